The fourth-order valence-corrected chi connectivity index (χ4v) is 2.85. The van der Waals surface area contributed by atoms with Gasteiger partial charge in [0.2, 0.25) is 0 Å². The van der Waals surface area contributed by atoms with Crippen LogP contribution in [0.3, 0.4) is 0 Å². The molecule has 1 N–H and O–H groups in total. The van der Waals surface area contributed by atoms with Gasteiger partial charge < -0.3 is 4.42 Å². The Hall–Kier alpha value is -2.22. The predicted octanol–water partition coefficient (Wildman–Crippen LogP) is 3.99. The number of hydrogen-bond donors (Lipinski definition) is 1. The van der Waals surface area contributed by atoms with E-state index in [0.29, 0.717) is 26.5 Å². The number of fused-ring (bicyclic) bond motifs is 1. The van der Waals surface area contributed by atoms with Crippen LogP contribution >= 0.6 is 11.8 Å². The van der Waals surface area contributed by atoms with E-state index in [0.717, 1.165) is 23.9 Å². The molecule has 2 heterocycles. The highest BCUT2D eigenvalue weighted by atomic mass is 32.2. The fourth-order valence-electron chi connectivity index (χ4n) is 1.98. The van der Waals surface area contributed by atoms with Crippen molar-refractivity contribution in [1.29, 1.82) is 0 Å². The van der Waals surface area contributed by atoms with Gasteiger partial charge in [0.15, 0.2) is 5.09 Å². The Morgan fingerprint density at radius 3 is 2.73 bits per heavy atom. The van der Waals surface area contributed by atoms with Gasteiger partial charge in [0.25, 0.3) is 5.56 Å². The highest BCUT2D eigenvalue weighted by Gasteiger charge is 2.31. The first kappa shape index (κ1) is 14.7. The van der Waals surface area contributed by atoms with Gasteiger partial charge in [0, 0.05) is 17.1 Å². The maximum atomic E-state index is 12.8. The fraction of sp³-hybridized carbons (Fsp3) is 0.143. The van der Waals surface area contributed by atoms with E-state index in [1.807, 2.05) is 0 Å². The quantitative estimate of drug-likeness (QED) is 0.773. The molecule has 0 unspecified atom stereocenters. The number of aryl methyl sites for hydroxylation is 1. The third kappa shape index (κ3) is 2.61. The second kappa shape index (κ2) is 5.20. The van der Waals surface area contributed by atoms with Crippen LogP contribution < -0.4 is 5.56 Å². The molecule has 3 rings (SSSR count). The Kier molecular flexibility index (Phi) is 3.48. The van der Waals surface area contributed by atoms with Crippen LogP contribution in [-0.2, 0) is 6.18 Å². The molecule has 0 aliphatic heterocycles. The van der Waals surface area contributed by atoms with Gasteiger partial charge in [-0.3, -0.25) is 4.79 Å². The summed E-state index contributed by atoms with van der Waals surface area (Å²) < 4.78 is 43.8. The van der Waals surface area contributed by atoms with E-state index in [2.05, 4.69) is 10.2 Å². The number of H-pyrrole nitrogens is 1. The number of benzene rings is 1. The molecule has 22 heavy (non-hydrogen) atoms. The minimum absolute atomic E-state index is 0.346. The monoisotopic (exact) mass is 326 g/mol. The molecular formula is C14H9F3N2O2S. The molecule has 0 fully saturated rings. The number of alkyl halides is 3. The highest BCUT2D eigenvalue weighted by molar-refractivity contribution is 7.99. The molecule has 0 saturated carbocycles. The largest absolute Gasteiger partial charge is 0.449 e. The lowest BCUT2D eigenvalue weighted by Crippen LogP contribution is -2.08. The maximum absolute atomic E-state index is 12.8. The zero-order chi connectivity index (χ0) is 15.9. The summed E-state index contributed by atoms with van der Waals surface area (Å²) in [6, 6.07) is 4.82. The summed E-state index contributed by atoms with van der Waals surface area (Å²) in [7, 11) is 0. The topological polar surface area (TPSA) is 58.9 Å². The molecular weight excluding hydrogens is 317 g/mol. The molecule has 0 atom stereocenters. The second-order valence-electron chi connectivity index (χ2n) is 4.58. The summed E-state index contributed by atoms with van der Waals surface area (Å²) in [4.78, 5) is 12.0. The number of aromatic nitrogens is 2. The van der Waals surface area contributed by atoms with Crippen molar-refractivity contribution in [3.63, 3.8) is 0 Å². The molecule has 0 amide bonds. The molecule has 4 nitrogen and oxygen atoms in total. The lowest BCUT2D eigenvalue weighted by molar-refractivity contribution is -0.137. The standard InChI is InChI=1S/C14H9F3N2O2S/c1-7-9-6-8(14(15,16)17)2-3-10(9)21-13(7)22-11-4-5-18-19-12(11)20/h2-6H,1H3,(H,19,20). The van der Waals surface area contributed by atoms with Crippen LogP contribution in [0.4, 0.5) is 13.2 Å². The first-order valence-corrected chi connectivity index (χ1v) is 7.00. The van der Waals surface area contributed by atoms with Gasteiger partial charge in [-0.1, -0.05) is 0 Å². The van der Waals surface area contributed by atoms with Crippen molar-refractivity contribution in [1.82, 2.24) is 10.2 Å². The van der Waals surface area contributed by atoms with Gasteiger partial charge in [-0.25, -0.2) is 5.10 Å². The molecule has 114 valence electrons. The molecule has 0 radical (unpaired) electrons. The number of nitrogens with one attached hydrogen (secondary N) is 1. The van der Waals surface area contributed by atoms with Gasteiger partial charge in [-0.15, -0.1) is 0 Å². The number of aromatic amines is 1. The van der Waals surface area contributed by atoms with Crippen molar-refractivity contribution in [2.75, 3.05) is 0 Å². The first-order chi connectivity index (χ1) is 10.4. The van der Waals surface area contributed by atoms with Crippen LogP contribution in [0.2, 0.25) is 0 Å². The summed E-state index contributed by atoms with van der Waals surface area (Å²) in [6.07, 6.45) is -2.99. The second-order valence-corrected chi connectivity index (χ2v) is 5.59. The van der Waals surface area contributed by atoms with Gasteiger partial charge >= 0.3 is 6.18 Å². The average molecular weight is 326 g/mol. The van der Waals surface area contributed by atoms with E-state index in [-0.39, 0.29) is 5.56 Å². The van der Waals surface area contributed by atoms with Gasteiger partial charge in [-0.2, -0.15) is 18.3 Å². The molecule has 0 aliphatic carbocycles. The van der Waals surface area contributed by atoms with Crippen molar-refractivity contribution in [2.45, 2.75) is 23.1 Å². The van der Waals surface area contributed by atoms with E-state index in [1.165, 1.54) is 18.3 Å². The predicted molar refractivity (Wildman–Crippen MR) is 74.9 cm³/mol. The Morgan fingerprint density at radius 2 is 2.05 bits per heavy atom. The van der Waals surface area contributed by atoms with Crippen molar-refractivity contribution in [2.24, 2.45) is 0 Å². The highest BCUT2D eigenvalue weighted by Crippen LogP contribution is 2.38. The summed E-state index contributed by atoms with van der Waals surface area (Å²) in [5, 5.41) is 6.63. The maximum Gasteiger partial charge on any atom is 0.416 e. The van der Waals surface area contributed by atoms with E-state index in [4.69, 9.17) is 4.42 Å². The zero-order valence-corrected chi connectivity index (χ0v) is 12.0. The number of rotatable bonds is 2. The van der Waals surface area contributed by atoms with Crippen molar-refractivity contribution in [3.05, 3.63) is 51.9 Å². The molecule has 1 aromatic carbocycles. The van der Waals surface area contributed by atoms with Crippen molar-refractivity contribution >= 4 is 22.7 Å². The normalized spacial score (nSPS) is 12.0. The van der Waals surface area contributed by atoms with Crippen LogP contribution in [0.5, 0.6) is 0 Å². The van der Waals surface area contributed by atoms with Crippen molar-refractivity contribution in [3.8, 4) is 0 Å². The third-order valence-electron chi connectivity index (χ3n) is 3.11. The van der Waals surface area contributed by atoms with Crippen LogP contribution in [0.1, 0.15) is 11.1 Å². The van der Waals surface area contributed by atoms with E-state index >= 15 is 0 Å². The lowest BCUT2D eigenvalue weighted by atomic mass is 10.1. The van der Waals surface area contributed by atoms with Crippen molar-refractivity contribution < 1.29 is 17.6 Å². The molecule has 0 bridgehead atoms. The van der Waals surface area contributed by atoms with E-state index in [1.54, 1.807) is 6.92 Å². The number of hydrogen-bond acceptors (Lipinski definition) is 4. The van der Waals surface area contributed by atoms with Gasteiger partial charge in [0.05, 0.1) is 10.5 Å². The molecule has 0 saturated heterocycles. The summed E-state index contributed by atoms with van der Waals surface area (Å²) in [5.41, 5.74) is -0.216. The van der Waals surface area contributed by atoms with Crippen LogP contribution in [0.15, 0.2) is 49.7 Å². The van der Waals surface area contributed by atoms with Crippen LogP contribution in [0, 0.1) is 6.92 Å². The Morgan fingerprint density at radius 1 is 1.27 bits per heavy atom. The minimum atomic E-state index is -4.41. The Balaban J connectivity index is 2.07. The minimum Gasteiger partial charge on any atom is -0.449 e. The third-order valence-corrected chi connectivity index (χ3v) is 4.23. The SMILES string of the molecule is Cc1c(Sc2ccn[nH]c2=O)oc2ccc(C(F)(F)F)cc12. The average Bonchev–Trinajstić information content (AvgIpc) is 2.77. The molecule has 2 aromatic heterocycles. The molecule has 0 spiro atoms. The summed E-state index contributed by atoms with van der Waals surface area (Å²) in [5.74, 6) is 0. The van der Waals surface area contributed by atoms with Crippen LogP contribution in [0.25, 0.3) is 11.0 Å². The summed E-state index contributed by atoms with van der Waals surface area (Å²) >= 11 is 1.05. The molecule has 8 heteroatoms. The van der Waals surface area contributed by atoms with Crippen LogP contribution in [-0.4, -0.2) is 10.2 Å². The number of nitrogens with zero attached hydrogens (tertiary/aromatic N) is 1. The zero-order valence-electron chi connectivity index (χ0n) is 11.2. The van der Waals surface area contributed by atoms with E-state index in [9.17, 15) is 18.0 Å². The molecule has 3 aromatic rings. The summed E-state index contributed by atoms with van der Waals surface area (Å²) in [6.45, 7) is 1.66. The van der Waals surface area contributed by atoms with Gasteiger partial charge in [-0.05, 0) is 43.0 Å². The lowest BCUT2D eigenvalue weighted by Gasteiger charge is -2.05. The first-order valence-electron chi connectivity index (χ1n) is 6.18. The number of furan rings is 1. The van der Waals surface area contributed by atoms with Gasteiger partial charge in [0.1, 0.15) is 5.58 Å². The van der Waals surface area contributed by atoms with E-state index < -0.39 is 11.7 Å². The Bertz CT molecular complexity index is 899. The smallest absolute Gasteiger partial charge is 0.416 e. The molecule has 0 aliphatic rings. The number of halogens is 3. The Labute approximate surface area is 126 Å².